The van der Waals surface area contributed by atoms with E-state index in [1.54, 1.807) is 30.3 Å². The number of aliphatic hydroxyl groups excluding tert-OH is 1. The zero-order chi connectivity index (χ0) is 24.2. The van der Waals surface area contributed by atoms with Crippen LogP contribution in [0.25, 0.3) is 5.76 Å². The van der Waals surface area contributed by atoms with Crippen LogP contribution in [-0.2, 0) is 16.0 Å². The van der Waals surface area contributed by atoms with Gasteiger partial charge in [0.15, 0.2) is 0 Å². The lowest BCUT2D eigenvalue weighted by molar-refractivity contribution is -0.384. The summed E-state index contributed by atoms with van der Waals surface area (Å²) in [6, 6.07) is 20.7. The van der Waals surface area contributed by atoms with Crippen molar-refractivity contribution in [3.8, 4) is 5.75 Å². The summed E-state index contributed by atoms with van der Waals surface area (Å²) in [6.45, 7) is 0.196. The van der Waals surface area contributed by atoms with Crippen molar-refractivity contribution in [3.05, 3.63) is 111 Å². The summed E-state index contributed by atoms with van der Waals surface area (Å²) in [6.07, 6.45) is 0.474. The molecule has 1 fully saturated rings. The molecule has 0 aliphatic carbocycles. The van der Waals surface area contributed by atoms with E-state index in [4.69, 9.17) is 4.74 Å². The molecule has 1 aliphatic heterocycles. The van der Waals surface area contributed by atoms with Crippen LogP contribution in [0.3, 0.4) is 0 Å². The molecule has 1 amide bonds. The number of carbonyl (C=O) groups excluding carboxylic acids is 2. The van der Waals surface area contributed by atoms with E-state index in [-0.39, 0.29) is 23.6 Å². The highest BCUT2D eigenvalue weighted by atomic mass is 16.6. The molecule has 1 heterocycles. The fraction of sp³-hybridized carbons (Fsp3) is 0.154. The quantitative estimate of drug-likeness (QED) is 0.186. The van der Waals surface area contributed by atoms with Crippen molar-refractivity contribution in [1.29, 1.82) is 0 Å². The lowest BCUT2D eigenvalue weighted by Crippen LogP contribution is -2.31. The van der Waals surface area contributed by atoms with Gasteiger partial charge in [-0.25, -0.2) is 0 Å². The predicted molar refractivity (Wildman–Crippen MR) is 125 cm³/mol. The molecule has 172 valence electrons. The van der Waals surface area contributed by atoms with Crippen LogP contribution in [-0.4, -0.2) is 40.3 Å². The summed E-state index contributed by atoms with van der Waals surface area (Å²) in [5.74, 6) is -1.38. The Hall–Kier alpha value is -4.46. The fourth-order valence-corrected chi connectivity index (χ4v) is 4.06. The number of aliphatic hydroxyl groups is 1. The van der Waals surface area contributed by atoms with E-state index < -0.39 is 22.7 Å². The third-order valence-corrected chi connectivity index (χ3v) is 5.78. The van der Waals surface area contributed by atoms with Gasteiger partial charge in [0.1, 0.15) is 11.5 Å². The van der Waals surface area contributed by atoms with Crippen LogP contribution in [0, 0.1) is 10.1 Å². The number of ketones is 1. The third kappa shape index (κ3) is 4.38. The first-order chi connectivity index (χ1) is 16.4. The Bertz CT molecular complexity index is 1270. The molecular weight excluding hydrogens is 436 g/mol. The smallest absolute Gasteiger partial charge is 0.295 e. The Balaban J connectivity index is 1.81. The highest BCUT2D eigenvalue weighted by Gasteiger charge is 2.46. The molecule has 4 rings (SSSR count). The maximum Gasteiger partial charge on any atom is 0.295 e. The maximum absolute atomic E-state index is 13.1. The van der Waals surface area contributed by atoms with Gasteiger partial charge in [-0.15, -0.1) is 0 Å². The van der Waals surface area contributed by atoms with E-state index in [1.807, 2.05) is 30.3 Å². The Morgan fingerprint density at radius 2 is 1.74 bits per heavy atom. The number of hydrogen-bond acceptors (Lipinski definition) is 6. The first-order valence-electron chi connectivity index (χ1n) is 10.6. The van der Waals surface area contributed by atoms with Crippen molar-refractivity contribution < 1.29 is 24.4 Å². The Labute approximate surface area is 195 Å². The van der Waals surface area contributed by atoms with Gasteiger partial charge in [-0.05, 0) is 41.8 Å². The molecular formula is C26H22N2O6. The highest BCUT2D eigenvalue weighted by molar-refractivity contribution is 6.46. The lowest BCUT2D eigenvalue weighted by Gasteiger charge is -2.25. The van der Waals surface area contributed by atoms with E-state index in [2.05, 4.69) is 0 Å². The number of amides is 1. The zero-order valence-electron chi connectivity index (χ0n) is 18.4. The molecule has 8 heteroatoms. The first kappa shape index (κ1) is 22.7. The molecule has 0 aromatic heterocycles. The third-order valence-electron chi connectivity index (χ3n) is 5.78. The topological polar surface area (TPSA) is 110 Å². The van der Waals surface area contributed by atoms with Gasteiger partial charge in [-0.2, -0.15) is 0 Å². The molecule has 0 saturated carbocycles. The van der Waals surface area contributed by atoms with Crippen molar-refractivity contribution in [2.75, 3.05) is 13.7 Å². The second-order valence-electron chi connectivity index (χ2n) is 7.81. The summed E-state index contributed by atoms with van der Waals surface area (Å²) in [5.41, 5.74) is 1.39. The summed E-state index contributed by atoms with van der Waals surface area (Å²) in [4.78, 5) is 38.3. The molecule has 1 N–H and O–H groups in total. The molecule has 0 radical (unpaired) electrons. The molecule has 0 spiro atoms. The molecule has 0 bridgehead atoms. The van der Waals surface area contributed by atoms with Crippen molar-refractivity contribution in [2.45, 2.75) is 12.5 Å². The monoisotopic (exact) mass is 458 g/mol. The van der Waals surface area contributed by atoms with Crippen LogP contribution < -0.4 is 4.74 Å². The van der Waals surface area contributed by atoms with E-state index in [9.17, 15) is 24.8 Å². The van der Waals surface area contributed by atoms with E-state index in [0.717, 1.165) is 5.56 Å². The number of nitro groups is 1. The number of non-ortho nitro benzene ring substituents is 1. The minimum absolute atomic E-state index is 0.108. The number of carbonyl (C=O) groups is 2. The number of Topliss-reactive ketones (excluding diaryl/α,β-unsaturated/α-hetero) is 1. The van der Waals surface area contributed by atoms with E-state index >= 15 is 0 Å². The van der Waals surface area contributed by atoms with Crippen LogP contribution in [0.5, 0.6) is 5.75 Å². The highest BCUT2D eigenvalue weighted by Crippen LogP contribution is 2.40. The zero-order valence-corrected chi connectivity index (χ0v) is 18.4. The molecule has 1 aliphatic rings. The van der Waals surface area contributed by atoms with Gasteiger partial charge >= 0.3 is 0 Å². The Morgan fingerprint density at radius 3 is 2.38 bits per heavy atom. The molecule has 34 heavy (non-hydrogen) atoms. The largest absolute Gasteiger partial charge is 0.507 e. The van der Waals surface area contributed by atoms with Crippen LogP contribution in [0.2, 0.25) is 0 Å². The summed E-state index contributed by atoms with van der Waals surface area (Å²) >= 11 is 0. The number of benzene rings is 3. The number of nitrogens with zero attached hydrogens (tertiary/aromatic N) is 2. The van der Waals surface area contributed by atoms with Gasteiger partial charge in [-0.3, -0.25) is 19.7 Å². The number of nitro benzene ring substituents is 1. The van der Waals surface area contributed by atoms with Crippen molar-refractivity contribution in [3.63, 3.8) is 0 Å². The molecule has 1 saturated heterocycles. The Morgan fingerprint density at radius 1 is 1.03 bits per heavy atom. The van der Waals surface area contributed by atoms with Crippen molar-refractivity contribution in [2.24, 2.45) is 0 Å². The van der Waals surface area contributed by atoms with Crippen LogP contribution in [0.1, 0.15) is 22.7 Å². The molecule has 1 atom stereocenters. The average molecular weight is 458 g/mol. The average Bonchev–Trinajstić information content (AvgIpc) is 3.12. The van der Waals surface area contributed by atoms with E-state index in [1.165, 1.54) is 30.2 Å². The number of hydrogen-bond donors (Lipinski definition) is 1. The van der Waals surface area contributed by atoms with Gasteiger partial charge in [0.25, 0.3) is 17.4 Å². The summed E-state index contributed by atoms with van der Waals surface area (Å²) < 4.78 is 5.14. The molecule has 3 aromatic rings. The van der Waals surface area contributed by atoms with Gasteiger partial charge in [-0.1, -0.05) is 42.5 Å². The van der Waals surface area contributed by atoms with Crippen LogP contribution in [0.15, 0.2) is 84.4 Å². The predicted octanol–water partition coefficient (Wildman–Crippen LogP) is 4.27. The van der Waals surface area contributed by atoms with Crippen LogP contribution >= 0.6 is 0 Å². The molecule has 8 nitrogen and oxygen atoms in total. The second kappa shape index (κ2) is 9.58. The fourth-order valence-electron chi connectivity index (χ4n) is 4.06. The standard InChI is InChI=1S/C26H22N2O6/c1-34-21-12-10-18(11-13-21)24(29)22-23(19-8-5-9-20(16-19)28(32)33)27(26(31)25(22)30)15-14-17-6-3-2-4-7-17/h2-13,16,23,29H,14-15H2,1H3. The Kier molecular flexibility index (Phi) is 6.40. The normalized spacial score (nSPS) is 17.1. The number of likely N-dealkylation sites (tertiary alicyclic amines) is 1. The van der Waals surface area contributed by atoms with Crippen molar-refractivity contribution in [1.82, 2.24) is 4.90 Å². The number of rotatable bonds is 7. The molecule has 3 aromatic carbocycles. The van der Waals surface area contributed by atoms with Gasteiger partial charge in [0.2, 0.25) is 0 Å². The summed E-state index contributed by atoms with van der Waals surface area (Å²) in [7, 11) is 1.51. The van der Waals surface area contributed by atoms with E-state index in [0.29, 0.717) is 23.3 Å². The van der Waals surface area contributed by atoms with Gasteiger partial charge in [0.05, 0.1) is 23.6 Å². The minimum atomic E-state index is -0.967. The second-order valence-corrected chi connectivity index (χ2v) is 7.81. The maximum atomic E-state index is 13.1. The SMILES string of the molecule is COc1ccc(C(O)=C2C(=O)C(=O)N(CCc3ccccc3)C2c2cccc([N+](=O)[O-])c2)cc1. The minimum Gasteiger partial charge on any atom is -0.507 e. The van der Waals surface area contributed by atoms with Crippen LogP contribution in [0.4, 0.5) is 5.69 Å². The lowest BCUT2D eigenvalue weighted by atomic mass is 9.95. The molecule has 1 unspecified atom stereocenters. The van der Waals surface area contributed by atoms with Gasteiger partial charge < -0.3 is 14.7 Å². The number of ether oxygens (including phenoxy) is 1. The first-order valence-corrected chi connectivity index (χ1v) is 10.6. The number of methoxy groups -OCH3 is 1. The summed E-state index contributed by atoms with van der Waals surface area (Å²) in [5, 5.41) is 22.5. The van der Waals surface area contributed by atoms with Crippen molar-refractivity contribution >= 4 is 23.1 Å². The van der Waals surface area contributed by atoms with Gasteiger partial charge in [0, 0.05) is 24.2 Å².